The maximum Gasteiger partial charge on any atom is 0.343 e. The monoisotopic (exact) mass is 377 g/mol. The maximum atomic E-state index is 12.5. The van der Waals surface area contributed by atoms with Crippen molar-refractivity contribution in [2.45, 2.75) is 0 Å². The van der Waals surface area contributed by atoms with Gasteiger partial charge in [-0.2, -0.15) is 0 Å². The predicted octanol–water partition coefficient (Wildman–Crippen LogP) is 4.36. The topological polar surface area (TPSA) is 63.7 Å². The molecule has 5 nitrogen and oxygen atoms in total. The molecule has 132 valence electrons. The SMILES string of the molecule is O=C(Oc1ccc(N2C(=O)c3ccccc3C2=O)cc1)c1ccc(Cl)cc1. The summed E-state index contributed by atoms with van der Waals surface area (Å²) in [5.74, 6) is -0.974. The van der Waals surface area contributed by atoms with Crippen LogP contribution in [-0.4, -0.2) is 17.8 Å². The van der Waals surface area contributed by atoms with Gasteiger partial charge in [0.25, 0.3) is 11.8 Å². The molecule has 0 saturated heterocycles. The van der Waals surface area contributed by atoms with Crippen LogP contribution in [0.2, 0.25) is 5.02 Å². The maximum absolute atomic E-state index is 12.5. The van der Waals surface area contributed by atoms with Crippen LogP contribution in [0.1, 0.15) is 31.1 Å². The molecule has 6 heteroatoms. The van der Waals surface area contributed by atoms with Gasteiger partial charge in [-0.3, -0.25) is 9.59 Å². The number of halogens is 1. The molecule has 0 aromatic heterocycles. The second kappa shape index (κ2) is 6.70. The third kappa shape index (κ3) is 3.09. The number of hydrogen-bond donors (Lipinski definition) is 0. The van der Waals surface area contributed by atoms with Crippen molar-refractivity contribution in [3.05, 3.63) is 94.5 Å². The standard InChI is InChI=1S/C21H12ClNO4/c22-14-7-5-13(6-8-14)21(26)27-16-11-9-15(10-12-16)23-19(24)17-3-1-2-4-18(17)20(23)25/h1-12H. The molecular formula is C21H12ClNO4. The Morgan fingerprint density at radius 2 is 1.33 bits per heavy atom. The lowest BCUT2D eigenvalue weighted by Crippen LogP contribution is -2.29. The number of carbonyl (C=O) groups is 3. The number of benzene rings is 3. The number of nitrogens with zero attached hydrogens (tertiary/aromatic N) is 1. The zero-order valence-corrected chi connectivity index (χ0v) is 14.6. The van der Waals surface area contributed by atoms with Crippen LogP contribution in [0, 0.1) is 0 Å². The van der Waals surface area contributed by atoms with Crippen LogP contribution < -0.4 is 9.64 Å². The number of hydrogen-bond acceptors (Lipinski definition) is 4. The average molecular weight is 378 g/mol. The van der Waals surface area contributed by atoms with Crippen LogP contribution in [0.15, 0.2) is 72.8 Å². The Kier molecular flexibility index (Phi) is 4.22. The minimum atomic E-state index is -0.528. The Morgan fingerprint density at radius 3 is 1.89 bits per heavy atom. The van der Waals surface area contributed by atoms with E-state index in [1.165, 1.54) is 12.1 Å². The fraction of sp³-hybridized carbons (Fsp3) is 0. The summed E-state index contributed by atoms with van der Waals surface area (Å²) in [6.45, 7) is 0. The highest BCUT2D eigenvalue weighted by atomic mass is 35.5. The van der Waals surface area contributed by atoms with Gasteiger partial charge in [0.05, 0.1) is 22.4 Å². The summed E-state index contributed by atoms with van der Waals surface area (Å²) in [5.41, 5.74) is 1.53. The van der Waals surface area contributed by atoms with E-state index in [1.54, 1.807) is 60.7 Å². The molecule has 1 heterocycles. The smallest absolute Gasteiger partial charge is 0.343 e. The molecule has 3 aromatic rings. The Morgan fingerprint density at radius 1 is 0.778 bits per heavy atom. The molecule has 0 radical (unpaired) electrons. The molecule has 27 heavy (non-hydrogen) atoms. The number of anilines is 1. The molecule has 0 aliphatic carbocycles. The summed E-state index contributed by atoms with van der Waals surface area (Å²) in [7, 11) is 0. The summed E-state index contributed by atoms with van der Waals surface area (Å²) in [4.78, 5) is 38.2. The summed E-state index contributed by atoms with van der Waals surface area (Å²) >= 11 is 5.80. The Hall–Kier alpha value is -3.44. The van der Waals surface area contributed by atoms with E-state index in [1.807, 2.05) is 0 Å². The van der Waals surface area contributed by atoms with Gasteiger partial charge < -0.3 is 4.74 Å². The number of fused-ring (bicyclic) bond motifs is 1. The molecule has 1 aliphatic heterocycles. The third-order valence-corrected chi connectivity index (χ3v) is 4.43. The highest BCUT2D eigenvalue weighted by molar-refractivity contribution is 6.34. The molecule has 0 saturated carbocycles. The van der Waals surface area contributed by atoms with E-state index >= 15 is 0 Å². The number of carbonyl (C=O) groups excluding carboxylic acids is 3. The molecule has 1 aliphatic rings. The zero-order chi connectivity index (χ0) is 19.0. The van der Waals surface area contributed by atoms with Crippen molar-refractivity contribution >= 4 is 35.1 Å². The minimum absolute atomic E-state index is 0.301. The molecule has 0 bridgehead atoms. The molecule has 4 rings (SSSR count). The molecule has 0 N–H and O–H groups in total. The van der Waals surface area contributed by atoms with Crippen molar-refractivity contribution in [3.8, 4) is 5.75 Å². The fourth-order valence-corrected chi connectivity index (χ4v) is 2.96. The highest BCUT2D eigenvalue weighted by Gasteiger charge is 2.36. The molecule has 2 amide bonds. The predicted molar refractivity (Wildman–Crippen MR) is 100 cm³/mol. The van der Waals surface area contributed by atoms with Gasteiger partial charge in [0.1, 0.15) is 5.75 Å². The van der Waals surface area contributed by atoms with Crippen molar-refractivity contribution in [1.82, 2.24) is 0 Å². The van der Waals surface area contributed by atoms with Crippen molar-refractivity contribution in [1.29, 1.82) is 0 Å². The van der Waals surface area contributed by atoms with E-state index < -0.39 is 5.97 Å². The quantitative estimate of drug-likeness (QED) is 0.386. The first-order chi connectivity index (χ1) is 13.0. The number of ether oxygens (including phenoxy) is 1. The van der Waals surface area contributed by atoms with Gasteiger partial charge in [-0.05, 0) is 60.7 Å². The van der Waals surface area contributed by atoms with Crippen LogP contribution in [0.4, 0.5) is 5.69 Å². The van der Waals surface area contributed by atoms with E-state index in [9.17, 15) is 14.4 Å². The number of imide groups is 1. The fourth-order valence-electron chi connectivity index (χ4n) is 2.84. The summed E-state index contributed by atoms with van der Waals surface area (Å²) in [6.07, 6.45) is 0. The highest BCUT2D eigenvalue weighted by Crippen LogP contribution is 2.29. The van der Waals surface area contributed by atoms with Gasteiger partial charge in [-0.25, -0.2) is 9.69 Å². The minimum Gasteiger partial charge on any atom is -0.423 e. The second-order valence-electron chi connectivity index (χ2n) is 5.88. The Labute approximate surface area is 159 Å². The average Bonchev–Trinajstić information content (AvgIpc) is 2.94. The number of esters is 1. The van der Waals surface area contributed by atoms with Gasteiger partial charge in [0.15, 0.2) is 0 Å². The molecular weight excluding hydrogens is 366 g/mol. The van der Waals surface area contributed by atoms with E-state index in [0.29, 0.717) is 33.1 Å². The van der Waals surface area contributed by atoms with Crippen LogP contribution in [0.5, 0.6) is 5.75 Å². The van der Waals surface area contributed by atoms with E-state index in [4.69, 9.17) is 16.3 Å². The normalized spacial score (nSPS) is 12.9. The Balaban J connectivity index is 1.53. The van der Waals surface area contributed by atoms with Gasteiger partial charge in [-0.1, -0.05) is 23.7 Å². The largest absolute Gasteiger partial charge is 0.423 e. The van der Waals surface area contributed by atoms with Crippen molar-refractivity contribution in [2.75, 3.05) is 4.90 Å². The van der Waals surface area contributed by atoms with Crippen LogP contribution >= 0.6 is 11.6 Å². The van der Waals surface area contributed by atoms with Crippen molar-refractivity contribution in [2.24, 2.45) is 0 Å². The van der Waals surface area contributed by atoms with Crippen molar-refractivity contribution < 1.29 is 19.1 Å². The lowest BCUT2D eigenvalue weighted by Gasteiger charge is -2.14. The lowest BCUT2D eigenvalue weighted by molar-refractivity contribution is 0.0733. The Bertz CT molecular complexity index is 1020. The summed E-state index contributed by atoms with van der Waals surface area (Å²) < 4.78 is 5.30. The summed E-state index contributed by atoms with van der Waals surface area (Å²) in [5, 5.41) is 0.525. The van der Waals surface area contributed by atoms with Gasteiger partial charge in [0.2, 0.25) is 0 Å². The second-order valence-corrected chi connectivity index (χ2v) is 6.32. The molecule has 0 fully saturated rings. The number of rotatable bonds is 3. The van der Waals surface area contributed by atoms with Gasteiger partial charge in [0, 0.05) is 5.02 Å². The van der Waals surface area contributed by atoms with E-state index in [-0.39, 0.29) is 11.8 Å². The van der Waals surface area contributed by atoms with E-state index in [0.717, 1.165) is 4.90 Å². The number of amides is 2. The molecule has 0 atom stereocenters. The summed E-state index contributed by atoms with van der Waals surface area (Å²) in [6, 6.07) is 19.2. The van der Waals surface area contributed by atoms with E-state index in [2.05, 4.69) is 0 Å². The van der Waals surface area contributed by atoms with Crippen LogP contribution in [-0.2, 0) is 0 Å². The van der Waals surface area contributed by atoms with Crippen LogP contribution in [0.3, 0.4) is 0 Å². The first-order valence-electron chi connectivity index (χ1n) is 8.10. The zero-order valence-electron chi connectivity index (χ0n) is 13.9. The van der Waals surface area contributed by atoms with Crippen LogP contribution in [0.25, 0.3) is 0 Å². The lowest BCUT2D eigenvalue weighted by atomic mass is 10.1. The first kappa shape index (κ1) is 17.0. The molecule has 0 spiro atoms. The first-order valence-corrected chi connectivity index (χ1v) is 8.48. The third-order valence-electron chi connectivity index (χ3n) is 4.18. The molecule has 3 aromatic carbocycles. The van der Waals surface area contributed by atoms with Gasteiger partial charge in [-0.15, -0.1) is 0 Å². The van der Waals surface area contributed by atoms with Crippen molar-refractivity contribution in [3.63, 3.8) is 0 Å². The van der Waals surface area contributed by atoms with Gasteiger partial charge >= 0.3 is 5.97 Å². The molecule has 0 unspecified atom stereocenters.